The van der Waals surface area contributed by atoms with E-state index >= 15 is 0 Å². The van der Waals surface area contributed by atoms with Crippen LogP contribution in [0.3, 0.4) is 0 Å². The zero-order valence-electron chi connectivity index (χ0n) is 28.6. The van der Waals surface area contributed by atoms with Crippen molar-refractivity contribution in [2.45, 2.75) is 18.4 Å². The van der Waals surface area contributed by atoms with Crippen molar-refractivity contribution in [1.29, 1.82) is 0 Å². The third-order valence-electron chi connectivity index (χ3n) is 8.02. The fourth-order valence-corrected chi connectivity index (χ4v) is 5.88. The molecule has 6 aromatic rings. The van der Waals surface area contributed by atoms with Gasteiger partial charge >= 0.3 is 11.9 Å². The molecular formula is C38H29N7O9S. The van der Waals surface area contributed by atoms with Gasteiger partial charge in [0, 0.05) is 17.6 Å². The van der Waals surface area contributed by atoms with Crippen LogP contribution in [0.25, 0.3) is 10.8 Å². The predicted octanol–water partition coefficient (Wildman–Crippen LogP) is 10.1. The molecule has 0 unspecified atom stereocenters. The first-order valence-corrected chi connectivity index (χ1v) is 17.5. The lowest BCUT2D eigenvalue weighted by atomic mass is 10.1. The number of phenols is 2. The summed E-state index contributed by atoms with van der Waals surface area (Å²) in [6, 6.07) is 27.3. The Morgan fingerprint density at radius 3 is 1.80 bits per heavy atom. The minimum Gasteiger partial charge on any atom is -0.508 e. The molecule has 6 aromatic carbocycles. The van der Waals surface area contributed by atoms with E-state index in [1.54, 1.807) is 67.6 Å². The van der Waals surface area contributed by atoms with Crippen molar-refractivity contribution in [2.75, 3.05) is 5.32 Å². The summed E-state index contributed by atoms with van der Waals surface area (Å²) in [5, 5.41) is 67.4. The van der Waals surface area contributed by atoms with E-state index < -0.39 is 38.4 Å². The van der Waals surface area contributed by atoms with Crippen molar-refractivity contribution < 1.29 is 43.0 Å². The molecule has 0 fully saturated rings. The van der Waals surface area contributed by atoms with Crippen molar-refractivity contribution in [2.24, 2.45) is 30.7 Å². The van der Waals surface area contributed by atoms with Crippen LogP contribution >= 0.6 is 0 Å². The molecule has 0 radical (unpaired) electrons. The number of fused-ring (bicyclic) bond motifs is 1. The van der Waals surface area contributed by atoms with E-state index in [0.29, 0.717) is 39.7 Å². The molecule has 17 heteroatoms. The van der Waals surface area contributed by atoms with Gasteiger partial charge in [-0.15, -0.1) is 5.11 Å². The number of benzene rings is 6. The fourth-order valence-electron chi connectivity index (χ4n) is 5.22. The number of azo groups is 3. The van der Waals surface area contributed by atoms with E-state index in [1.807, 2.05) is 0 Å². The van der Waals surface area contributed by atoms with Gasteiger partial charge in [0.15, 0.2) is 5.75 Å². The van der Waals surface area contributed by atoms with Crippen molar-refractivity contribution in [3.05, 3.63) is 131 Å². The van der Waals surface area contributed by atoms with Gasteiger partial charge in [0.05, 0.1) is 39.6 Å². The molecule has 0 aliphatic rings. The predicted molar refractivity (Wildman–Crippen MR) is 201 cm³/mol. The molecule has 276 valence electrons. The first-order valence-electron chi connectivity index (χ1n) is 16.1. The maximum atomic E-state index is 12.4. The molecule has 6 N–H and O–H groups in total. The van der Waals surface area contributed by atoms with Crippen LogP contribution in [0, 0.1) is 6.92 Å². The van der Waals surface area contributed by atoms with Crippen molar-refractivity contribution in [3.63, 3.8) is 0 Å². The van der Waals surface area contributed by atoms with E-state index in [4.69, 9.17) is 0 Å². The van der Waals surface area contributed by atoms with Crippen molar-refractivity contribution >= 4 is 72.6 Å². The molecule has 0 saturated heterocycles. The standard InChI is InChI=1S/C38H29N7O9S/c1-21-14-28(9-13-33(21)44-41-26-4-2-22(3-5-26)20-39-30-17-24(37(48)49)15-25(18-30)38(50)51)43-45-35-34(55(52,53)54)19-23-16-29(8-12-32(23)36(35)47)42-40-27-6-10-31(46)11-7-27/h2-19,39,46-47H,20H2,1H3,(H,48,49)(H,50,51)(H,52,53,54). The number of anilines is 1. The van der Waals surface area contributed by atoms with Crippen LogP contribution in [0.2, 0.25) is 0 Å². The number of carbonyl (C=O) groups is 2. The number of aryl methyl sites for hydroxylation is 1. The number of carboxylic acids is 2. The molecule has 0 aromatic heterocycles. The van der Waals surface area contributed by atoms with Gasteiger partial charge in [0.25, 0.3) is 10.1 Å². The average molecular weight is 760 g/mol. The minimum atomic E-state index is -4.86. The Hall–Kier alpha value is -7.37. The number of aromatic hydroxyl groups is 2. The topological polar surface area (TPSA) is 256 Å². The smallest absolute Gasteiger partial charge is 0.335 e. The van der Waals surface area contributed by atoms with E-state index in [-0.39, 0.29) is 34.2 Å². The lowest BCUT2D eigenvalue weighted by Gasteiger charge is -2.09. The highest BCUT2D eigenvalue weighted by Gasteiger charge is 2.22. The lowest BCUT2D eigenvalue weighted by molar-refractivity contribution is 0.0696. The molecule has 6 rings (SSSR count). The minimum absolute atomic E-state index is 0.0693. The Morgan fingerprint density at radius 1 is 0.636 bits per heavy atom. The normalized spacial score (nSPS) is 11.9. The molecule has 0 atom stereocenters. The summed E-state index contributed by atoms with van der Waals surface area (Å²) in [5.74, 6) is -2.94. The van der Waals surface area contributed by atoms with Gasteiger partial charge in [-0.1, -0.05) is 12.1 Å². The fraction of sp³-hybridized carbons (Fsp3) is 0.0526. The summed E-state index contributed by atoms with van der Waals surface area (Å²) in [4.78, 5) is 22.1. The summed E-state index contributed by atoms with van der Waals surface area (Å²) in [6.45, 7) is 2.04. The third-order valence-corrected chi connectivity index (χ3v) is 8.89. The molecule has 55 heavy (non-hydrogen) atoms. The molecule has 16 nitrogen and oxygen atoms in total. The molecule has 0 aliphatic heterocycles. The highest BCUT2D eigenvalue weighted by Crippen LogP contribution is 2.42. The highest BCUT2D eigenvalue weighted by molar-refractivity contribution is 7.86. The van der Waals surface area contributed by atoms with Gasteiger partial charge < -0.3 is 25.7 Å². The summed E-state index contributed by atoms with van der Waals surface area (Å²) in [6.07, 6.45) is 0. The van der Waals surface area contributed by atoms with E-state index in [1.165, 1.54) is 36.4 Å². The Morgan fingerprint density at radius 2 is 1.18 bits per heavy atom. The van der Waals surface area contributed by atoms with Gasteiger partial charge in [-0.2, -0.15) is 34.0 Å². The lowest BCUT2D eigenvalue weighted by Crippen LogP contribution is -2.06. The largest absolute Gasteiger partial charge is 0.508 e. The Balaban J connectivity index is 1.15. The summed E-state index contributed by atoms with van der Waals surface area (Å²) in [7, 11) is -4.86. The summed E-state index contributed by atoms with van der Waals surface area (Å²) >= 11 is 0. The monoisotopic (exact) mass is 759 g/mol. The Bertz CT molecular complexity index is 2630. The van der Waals surface area contributed by atoms with Crippen molar-refractivity contribution in [3.8, 4) is 11.5 Å². The summed E-state index contributed by atoms with van der Waals surface area (Å²) in [5.41, 5.74) is 3.16. The number of nitrogens with zero attached hydrogens (tertiary/aromatic N) is 6. The number of hydrogen-bond donors (Lipinski definition) is 6. The highest BCUT2D eigenvalue weighted by atomic mass is 32.2. The van der Waals surface area contributed by atoms with Gasteiger partial charge in [0.2, 0.25) is 0 Å². The van der Waals surface area contributed by atoms with Gasteiger partial charge in [-0.25, -0.2) is 9.59 Å². The first kappa shape index (κ1) is 37.4. The molecule has 0 bridgehead atoms. The average Bonchev–Trinajstić information content (AvgIpc) is 3.15. The van der Waals surface area contributed by atoms with Gasteiger partial charge in [0.1, 0.15) is 16.3 Å². The number of phenolic OH excluding ortho intramolecular Hbond substituents is 2. The molecule has 0 heterocycles. The Kier molecular flexibility index (Phi) is 10.7. The van der Waals surface area contributed by atoms with Crippen molar-refractivity contribution in [1.82, 2.24) is 0 Å². The second-order valence-corrected chi connectivity index (χ2v) is 13.4. The van der Waals surface area contributed by atoms with Crippen LogP contribution in [-0.4, -0.2) is 45.3 Å². The van der Waals surface area contributed by atoms with Gasteiger partial charge in [-0.3, -0.25) is 4.55 Å². The number of rotatable bonds is 12. The molecule has 0 aliphatic carbocycles. The van der Waals surface area contributed by atoms with Crippen LogP contribution in [0.4, 0.5) is 39.8 Å². The number of hydrogen-bond acceptors (Lipinski definition) is 13. The second kappa shape index (κ2) is 15.7. The number of aromatic carboxylic acids is 2. The van der Waals surface area contributed by atoms with Crippen LogP contribution < -0.4 is 5.32 Å². The molecular weight excluding hydrogens is 731 g/mol. The van der Waals surface area contributed by atoms with Crippen LogP contribution in [-0.2, 0) is 16.7 Å². The Labute approximate surface area is 312 Å². The van der Waals surface area contributed by atoms with E-state index in [9.17, 15) is 43.0 Å². The summed E-state index contributed by atoms with van der Waals surface area (Å²) < 4.78 is 34.7. The quantitative estimate of drug-likeness (QED) is 0.0508. The second-order valence-electron chi connectivity index (χ2n) is 12.0. The SMILES string of the molecule is Cc1cc(N=Nc2c(S(=O)(=O)O)cc3cc(N=Nc4ccc(O)cc4)ccc3c2O)ccc1N=Nc1ccc(CNc2cc(C(=O)O)cc(C(=O)O)c2)cc1. The number of nitrogens with one attached hydrogen (secondary N) is 1. The van der Waals surface area contributed by atoms with E-state index in [0.717, 1.165) is 17.7 Å². The van der Waals surface area contributed by atoms with Gasteiger partial charge in [-0.05, 0) is 120 Å². The zero-order valence-corrected chi connectivity index (χ0v) is 29.4. The molecule has 0 saturated carbocycles. The van der Waals surface area contributed by atoms with Crippen LogP contribution in [0.5, 0.6) is 11.5 Å². The first-order chi connectivity index (χ1) is 26.2. The maximum Gasteiger partial charge on any atom is 0.335 e. The maximum absolute atomic E-state index is 12.4. The van der Waals surface area contributed by atoms with Crippen LogP contribution in [0.1, 0.15) is 31.8 Å². The zero-order chi connectivity index (χ0) is 39.3. The third kappa shape index (κ3) is 9.17. The molecule has 0 spiro atoms. The molecule has 0 amide bonds. The van der Waals surface area contributed by atoms with Crippen LogP contribution in [0.15, 0.2) is 145 Å². The number of carboxylic acid groups (broad SMARTS) is 2. The van der Waals surface area contributed by atoms with E-state index in [2.05, 4.69) is 36.0 Å².